The maximum Gasteiger partial charge on any atom is 0.266 e. The van der Waals surface area contributed by atoms with Gasteiger partial charge in [-0.3, -0.25) is 14.4 Å². The molecule has 0 bridgehead atoms. The molecule has 184 valence electrons. The summed E-state index contributed by atoms with van der Waals surface area (Å²) < 4.78 is 32.6. The number of amides is 2. The van der Waals surface area contributed by atoms with E-state index in [0.717, 1.165) is 18.2 Å². The summed E-state index contributed by atoms with van der Waals surface area (Å²) in [5, 5.41) is 7.07. The molecule has 0 aliphatic carbocycles. The Hall–Kier alpha value is -3.99. The van der Waals surface area contributed by atoms with E-state index in [1.807, 2.05) is 35.9 Å². The van der Waals surface area contributed by atoms with Crippen LogP contribution in [-0.2, 0) is 26.2 Å². The molecular formula is C24H26N4O6S. The van der Waals surface area contributed by atoms with Crippen molar-refractivity contribution in [2.45, 2.75) is 38.1 Å². The number of carbonyl (C=O) groups is 2. The van der Waals surface area contributed by atoms with E-state index in [1.165, 1.54) is 35.0 Å². The number of aromatic nitrogens is 2. The van der Waals surface area contributed by atoms with E-state index in [-0.39, 0.29) is 29.3 Å². The lowest BCUT2D eigenvalue weighted by molar-refractivity contribution is -0.117. The van der Waals surface area contributed by atoms with Crippen LogP contribution in [0, 0.1) is 0 Å². The molecule has 1 heterocycles. The molecule has 0 spiro atoms. The van der Waals surface area contributed by atoms with E-state index in [2.05, 4.69) is 10.4 Å². The van der Waals surface area contributed by atoms with Gasteiger partial charge in [-0.05, 0) is 67.9 Å². The summed E-state index contributed by atoms with van der Waals surface area (Å²) in [6.45, 7) is 3.84. The van der Waals surface area contributed by atoms with Crippen molar-refractivity contribution in [2.75, 3.05) is 11.9 Å². The number of ether oxygens (including phenoxy) is 1. The van der Waals surface area contributed by atoms with E-state index in [9.17, 15) is 22.8 Å². The summed E-state index contributed by atoms with van der Waals surface area (Å²) in [6, 6.07) is 15.9. The summed E-state index contributed by atoms with van der Waals surface area (Å²) in [5.74, 6) is -0.237. The smallest absolute Gasteiger partial charge is 0.266 e. The van der Waals surface area contributed by atoms with E-state index in [4.69, 9.17) is 4.74 Å². The molecule has 0 radical (unpaired) electrons. The summed E-state index contributed by atoms with van der Waals surface area (Å²) in [4.78, 5) is 35.4. The number of carbonyl (C=O) groups excluding carboxylic acids is 2. The van der Waals surface area contributed by atoms with Crippen molar-refractivity contribution in [3.8, 4) is 17.0 Å². The Morgan fingerprint density at radius 2 is 1.69 bits per heavy atom. The molecule has 0 saturated heterocycles. The molecule has 0 saturated carbocycles. The van der Waals surface area contributed by atoms with Crippen LogP contribution in [0.3, 0.4) is 0 Å². The molecule has 0 aliphatic rings. The number of hydrogen-bond donors (Lipinski definition) is 2. The highest BCUT2D eigenvalue weighted by molar-refractivity contribution is 7.90. The largest absolute Gasteiger partial charge is 0.494 e. The van der Waals surface area contributed by atoms with Crippen molar-refractivity contribution in [1.82, 2.24) is 14.5 Å². The Morgan fingerprint density at radius 1 is 1.00 bits per heavy atom. The third-order valence-corrected chi connectivity index (χ3v) is 6.28. The lowest BCUT2D eigenvalue weighted by atomic mass is 10.1. The number of nitrogens with one attached hydrogen (secondary N) is 2. The Labute approximate surface area is 203 Å². The summed E-state index contributed by atoms with van der Waals surface area (Å²) in [7, 11) is -3.94. The van der Waals surface area contributed by atoms with Crippen LogP contribution in [0.15, 0.2) is 70.4 Å². The third kappa shape index (κ3) is 7.24. The fourth-order valence-electron chi connectivity index (χ4n) is 3.23. The van der Waals surface area contributed by atoms with Crippen LogP contribution >= 0.6 is 0 Å². The van der Waals surface area contributed by atoms with Gasteiger partial charge in [-0.15, -0.1) is 0 Å². The maximum atomic E-state index is 12.3. The van der Waals surface area contributed by atoms with Gasteiger partial charge in [-0.25, -0.2) is 17.8 Å². The summed E-state index contributed by atoms with van der Waals surface area (Å²) in [5.41, 5.74) is 1.61. The number of aryl methyl sites for hydroxylation is 1. The number of benzene rings is 2. The fraction of sp³-hybridized carbons (Fsp3) is 0.250. The molecule has 2 N–H and O–H groups in total. The van der Waals surface area contributed by atoms with E-state index >= 15 is 0 Å². The fourth-order valence-corrected chi connectivity index (χ4v) is 4.22. The number of nitrogens with zero attached hydrogens (tertiary/aromatic N) is 2. The van der Waals surface area contributed by atoms with Gasteiger partial charge in [0, 0.05) is 37.2 Å². The predicted octanol–water partition coefficient (Wildman–Crippen LogP) is 2.55. The number of hydrogen-bond acceptors (Lipinski definition) is 7. The summed E-state index contributed by atoms with van der Waals surface area (Å²) >= 11 is 0. The van der Waals surface area contributed by atoms with Crippen molar-refractivity contribution in [3.63, 3.8) is 0 Å². The molecule has 0 fully saturated rings. The molecule has 10 nitrogen and oxygen atoms in total. The minimum absolute atomic E-state index is 0.0939. The number of anilines is 1. The highest BCUT2D eigenvalue weighted by Crippen LogP contribution is 2.20. The van der Waals surface area contributed by atoms with E-state index in [0.29, 0.717) is 24.4 Å². The Morgan fingerprint density at radius 3 is 2.31 bits per heavy atom. The van der Waals surface area contributed by atoms with Crippen LogP contribution < -0.4 is 20.3 Å². The number of rotatable bonds is 10. The SMILES string of the molecule is CCOc1ccc(-c2ccc(=O)n(CCCC(=O)Nc3ccc(S(=O)(=O)NC(C)=O)cc3)n2)cc1. The van der Waals surface area contributed by atoms with Crippen molar-refractivity contribution in [2.24, 2.45) is 0 Å². The van der Waals surface area contributed by atoms with E-state index in [1.54, 1.807) is 6.07 Å². The minimum Gasteiger partial charge on any atom is -0.494 e. The summed E-state index contributed by atoms with van der Waals surface area (Å²) in [6.07, 6.45) is 0.508. The second-order valence-electron chi connectivity index (χ2n) is 7.58. The Balaban J connectivity index is 1.56. The first-order chi connectivity index (χ1) is 16.7. The molecule has 0 atom stereocenters. The lowest BCUT2D eigenvalue weighted by Crippen LogP contribution is -2.28. The second-order valence-corrected chi connectivity index (χ2v) is 9.26. The molecule has 0 unspecified atom stereocenters. The van der Waals surface area contributed by atoms with Gasteiger partial charge < -0.3 is 10.1 Å². The minimum atomic E-state index is -3.94. The number of sulfonamides is 1. The quantitative estimate of drug-likeness (QED) is 0.438. The molecule has 3 rings (SSSR count). The molecule has 35 heavy (non-hydrogen) atoms. The van der Waals surface area contributed by atoms with E-state index < -0.39 is 15.9 Å². The average Bonchev–Trinajstić information content (AvgIpc) is 2.80. The average molecular weight is 499 g/mol. The molecule has 1 aromatic heterocycles. The topological polar surface area (TPSA) is 136 Å². The predicted molar refractivity (Wildman–Crippen MR) is 130 cm³/mol. The van der Waals surface area contributed by atoms with Crippen LogP contribution in [0.25, 0.3) is 11.3 Å². The van der Waals surface area contributed by atoms with Gasteiger partial charge in [0.05, 0.1) is 17.2 Å². The lowest BCUT2D eigenvalue weighted by Gasteiger charge is -2.09. The molecule has 2 amide bonds. The van der Waals surface area contributed by atoms with Crippen LogP contribution in [-0.4, -0.2) is 36.6 Å². The van der Waals surface area contributed by atoms with Crippen molar-refractivity contribution in [1.29, 1.82) is 0 Å². The van der Waals surface area contributed by atoms with Gasteiger partial charge in [-0.2, -0.15) is 5.10 Å². The maximum absolute atomic E-state index is 12.3. The van der Waals surface area contributed by atoms with Gasteiger partial charge in [0.15, 0.2) is 0 Å². The van der Waals surface area contributed by atoms with Crippen LogP contribution in [0.2, 0.25) is 0 Å². The van der Waals surface area contributed by atoms with Gasteiger partial charge in [0.1, 0.15) is 5.75 Å². The zero-order valence-corrected chi connectivity index (χ0v) is 20.2. The third-order valence-electron chi connectivity index (χ3n) is 4.83. The highest BCUT2D eigenvalue weighted by atomic mass is 32.2. The van der Waals surface area contributed by atoms with Gasteiger partial charge in [0.2, 0.25) is 11.8 Å². The Bertz CT molecular complexity index is 1350. The molecule has 3 aromatic rings. The van der Waals surface area contributed by atoms with Gasteiger partial charge in [0.25, 0.3) is 15.6 Å². The molecule has 0 aliphatic heterocycles. The zero-order chi connectivity index (χ0) is 25.4. The second kappa shape index (κ2) is 11.4. The van der Waals surface area contributed by atoms with Crippen LogP contribution in [0.5, 0.6) is 5.75 Å². The van der Waals surface area contributed by atoms with Gasteiger partial charge >= 0.3 is 0 Å². The van der Waals surface area contributed by atoms with Crippen LogP contribution in [0.4, 0.5) is 5.69 Å². The van der Waals surface area contributed by atoms with Crippen molar-refractivity contribution in [3.05, 3.63) is 71.0 Å². The first-order valence-corrected chi connectivity index (χ1v) is 12.4. The standard InChI is InChI=1S/C24H26N4O6S/c1-3-34-20-10-6-18(7-11-20)22-14-15-24(31)28(26-22)16-4-5-23(30)25-19-8-12-21(13-9-19)35(32,33)27-17(2)29/h6-15H,3-5,16H2,1-2H3,(H,25,30)(H,27,29). The first kappa shape index (κ1) is 25.6. The first-order valence-electron chi connectivity index (χ1n) is 10.9. The zero-order valence-electron chi connectivity index (χ0n) is 19.4. The van der Waals surface area contributed by atoms with Gasteiger partial charge in [-0.1, -0.05) is 0 Å². The monoisotopic (exact) mass is 498 g/mol. The van der Waals surface area contributed by atoms with Crippen molar-refractivity contribution < 1.29 is 22.7 Å². The highest BCUT2D eigenvalue weighted by Gasteiger charge is 2.15. The molecule has 2 aromatic carbocycles. The normalized spacial score (nSPS) is 11.0. The Kier molecular flexibility index (Phi) is 8.37. The van der Waals surface area contributed by atoms with Crippen molar-refractivity contribution >= 4 is 27.5 Å². The van der Waals surface area contributed by atoms with Crippen LogP contribution in [0.1, 0.15) is 26.7 Å². The molecular weight excluding hydrogens is 472 g/mol. The molecule has 11 heteroatoms.